The molecular weight excluding hydrogens is 361 g/mol. The molecule has 1 fully saturated rings. The third-order valence-corrected chi connectivity index (χ3v) is 4.68. The zero-order chi connectivity index (χ0) is 19.0. The van der Waals surface area contributed by atoms with Gasteiger partial charge in [-0.2, -0.15) is 18.3 Å². The molecule has 1 N–H and O–H groups in total. The van der Waals surface area contributed by atoms with Gasteiger partial charge in [0.15, 0.2) is 5.65 Å². The van der Waals surface area contributed by atoms with Crippen molar-refractivity contribution in [2.75, 3.05) is 13.2 Å². The first kappa shape index (κ1) is 17.7. The Kier molecular flexibility index (Phi) is 4.47. The fourth-order valence-corrected chi connectivity index (χ4v) is 3.31. The lowest BCUT2D eigenvalue weighted by molar-refractivity contribution is -0.137. The second-order valence-electron chi connectivity index (χ2n) is 6.56. The van der Waals surface area contributed by atoms with Crippen molar-refractivity contribution in [1.29, 1.82) is 0 Å². The van der Waals surface area contributed by atoms with Crippen LogP contribution < -0.4 is 5.56 Å². The molecule has 3 heterocycles. The molecule has 6 nitrogen and oxygen atoms in total. The molecule has 2 aromatic heterocycles. The summed E-state index contributed by atoms with van der Waals surface area (Å²) in [6.45, 7) is 1.23. The van der Waals surface area contributed by atoms with E-state index in [1.54, 1.807) is 10.7 Å². The quantitative estimate of drug-likeness (QED) is 0.760. The molecule has 4 rings (SSSR count). The monoisotopic (exact) mass is 378 g/mol. The van der Waals surface area contributed by atoms with Gasteiger partial charge in [-0.05, 0) is 24.5 Å². The van der Waals surface area contributed by atoms with Crippen LogP contribution in [0.5, 0.6) is 0 Å². The van der Waals surface area contributed by atoms with Gasteiger partial charge in [-0.1, -0.05) is 18.2 Å². The minimum atomic E-state index is -4.41. The first-order valence-corrected chi connectivity index (χ1v) is 8.62. The number of rotatable bonds is 3. The van der Waals surface area contributed by atoms with E-state index >= 15 is 0 Å². The van der Waals surface area contributed by atoms with Crippen molar-refractivity contribution >= 4 is 11.0 Å². The molecule has 1 aromatic carbocycles. The number of alkyl halides is 3. The first-order chi connectivity index (χ1) is 12.9. The normalized spacial score (nSPS) is 16.1. The number of aromatic nitrogens is 4. The maximum absolute atomic E-state index is 12.9. The molecule has 3 aromatic rings. The molecule has 0 aliphatic carbocycles. The van der Waals surface area contributed by atoms with Crippen molar-refractivity contribution in [2.45, 2.75) is 31.5 Å². The van der Waals surface area contributed by atoms with Gasteiger partial charge in [0.05, 0.1) is 17.8 Å². The van der Waals surface area contributed by atoms with Crippen molar-refractivity contribution in [1.82, 2.24) is 19.7 Å². The van der Waals surface area contributed by atoms with Crippen molar-refractivity contribution in [3.63, 3.8) is 0 Å². The predicted octanol–water partition coefficient (Wildman–Crippen LogP) is 3.08. The number of nitrogens with one attached hydrogen (secondary N) is 1. The second kappa shape index (κ2) is 6.80. The van der Waals surface area contributed by atoms with Gasteiger partial charge < -0.3 is 9.72 Å². The van der Waals surface area contributed by atoms with Crippen molar-refractivity contribution in [3.8, 4) is 0 Å². The molecule has 0 unspecified atom stereocenters. The van der Waals surface area contributed by atoms with Crippen LogP contribution in [0.4, 0.5) is 13.2 Å². The number of benzene rings is 1. The third kappa shape index (κ3) is 3.59. The molecule has 142 valence electrons. The van der Waals surface area contributed by atoms with Gasteiger partial charge in [-0.25, -0.2) is 9.67 Å². The summed E-state index contributed by atoms with van der Waals surface area (Å²) in [5.41, 5.74) is -0.201. The maximum Gasteiger partial charge on any atom is 0.416 e. The largest absolute Gasteiger partial charge is 0.416 e. The zero-order valence-electron chi connectivity index (χ0n) is 14.3. The average Bonchev–Trinajstić information content (AvgIpc) is 3.06. The number of ether oxygens (including phenoxy) is 1. The number of fused-ring (bicyclic) bond motifs is 1. The lowest BCUT2D eigenvalue weighted by atomic mass is 10.1. The Morgan fingerprint density at radius 1 is 1.26 bits per heavy atom. The molecule has 0 spiro atoms. The second-order valence-corrected chi connectivity index (χ2v) is 6.56. The molecule has 0 atom stereocenters. The highest BCUT2D eigenvalue weighted by atomic mass is 19.4. The number of aromatic amines is 1. The Morgan fingerprint density at radius 3 is 2.78 bits per heavy atom. The topological polar surface area (TPSA) is 72.8 Å². The Morgan fingerprint density at radius 2 is 2.04 bits per heavy atom. The molecular formula is C18H17F3N4O2. The lowest BCUT2D eigenvalue weighted by Crippen LogP contribution is -2.21. The van der Waals surface area contributed by atoms with Gasteiger partial charge in [0, 0.05) is 19.6 Å². The van der Waals surface area contributed by atoms with Crippen LogP contribution in [-0.4, -0.2) is 33.0 Å². The summed E-state index contributed by atoms with van der Waals surface area (Å²) in [4.78, 5) is 19.5. The summed E-state index contributed by atoms with van der Waals surface area (Å²) in [6, 6.07) is 5.10. The van der Waals surface area contributed by atoms with Gasteiger partial charge in [0.25, 0.3) is 5.56 Å². The highest BCUT2D eigenvalue weighted by Crippen LogP contribution is 2.30. The molecule has 0 saturated carbocycles. The third-order valence-electron chi connectivity index (χ3n) is 4.68. The van der Waals surface area contributed by atoms with Crippen molar-refractivity contribution < 1.29 is 17.9 Å². The molecule has 9 heteroatoms. The summed E-state index contributed by atoms with van der Waals surface area (Å²) in [6.07, 6.45) is -1.30. The zero-order valence-corrected chi connectivity index (χ0v) is 14.3. The van der Waals surface area contributed by atoms with E-state index in [4.69, 9.17) is 4.74 Å². The van der Waals surface area contributed by atoms with Crippen LogP contribution in [0.1, 0.15) is 35.8 Å². The van der Waals surface area contributed by atoms with Gasteiger partial charge in [-0.15, -0.1) is 0 Å². The smallest absolute Gasteiger partial charge is 0.381 e. The fourth-order valence-electron chi connectivity index (χ4n) is 3.31. The van der Waals surface area contributed by atoms with E-state index in [2.05, 4.69) is 15.1 Å². The van der Waals surface area contributed by atoms with Crippen molar-refractivity contribution in [2.24, 2.45) is 0 Å². The summed E-state index contributed by atoms with van der Waals surface area (Å²) in [5.74, 6) is 0.306. The van der Waals surface area contributed by atoms with Gasteiger partial charge in [-0.3, -0.25) is 4.79 Å². The minimum absolute atomic E-state index is 0.0898. The van der Waals surface area contributed by atoms with Crippen LogP contribution in [0.15, 0.2) is 35.3 Å². The maximum atomic E-state index is 12.9. The van der Waals surface area contributed by atoms with Crippen LogP contribution in [0, 0.1) is 0 Å². The van der Waals surface area contributed by atoms with Crippen molar-refractivity contribution in [3.05, 3.63) is 57.8 Å². The molecule has 0 radical (unpaired) electrons. The van der Waals surface area contributed by atoms with E-state index in [-0.39, 0.29) is 18.0 Å². The van der Waals surface area contributed by atoms with Gasteiger partial charge >= 0.3 is 6.18 Å². The molecule has 27 heavy (non-hydrogen) atoms. The summed E-state index contributed by atoms with van der Waals surface area (Å²) < 4.78 is 45.8. The number of halogens is 3. The number of nitrogens with zero attached hydrogens (tertiary/aromatic N) is 3. The Bertz CT molecular complexity index is 1020. The van der Waals surface area contributed by atoms with E-state index in [1.807, 2.05) is 0 Å². The highest BCUT2D eigenvalue weighted by Gasteiger charge is 2.30. The highest BCUT2D eigenvalue weighted by molar-refractivity contribution is 5.73. The first-order valence-electron chi connectivity index (χ1n) is 8.62. The molecule has 1 saturated heterocycles. The predicted molar refractivity (Wildman–Crippen MR) is 91.5 cm³/mol. The molecule has 1 aliphatic rings. The summed E-state index contributed by atoms with van der Waals surface area (Å²) in [7, 11) is 0. The molecule has 0 amide bonds. The van der Waals surface area contributed by atoms with Gasteiger partial charge in [0.1, 0.15) is 11.2 Å². The molecule has 0 bridgehead atoms. The van der Waals surface area contributed by atoms with E-state index < -0.39 is 11.7 Å². The van der Waals surface area contributed by atoms with Crippen LogP contribution in [0.3, 0.4) is 0 Å². The number of hydrogen-bond acceptors (Lipinski definition) is 4. The Labute approximate surface area is 152 Å². The van der Waals surface area contributed by atoms with E-state index in [9.17, 15) is 18.0 Å². The van der Waals surface area contributed by atoms with E-state index in [1.165, 1.54) is 12.3 Å². The summed E-state index contributed by atoms with van der Waals surface area (Å²) in [5, 5.41) is 4.67. The fraction of sp³-hybridized carbons (Fsp3) is 0.389. The number of H-pyrrole nitrogens is 1. The molecule has 1 aliphatic heterocycles. The van der Waals surface area contributed by atoms with Crippen LogP contribution >= 0.6 is 0 Å². The van der Waals surface area contributed by atoms with E-state index in [0.29, 0.717) is 35.6 Å². The number of hydrogen-bond donors (Lipinski definition) is 1. The SMILES string of the molecule is O=c1[nH]c(Cc2cccc(C(F)(F)F)c2)nc2c1cnn2C1CCOCC1. The Balaban J connectivity index is 1.69. The average molecular weight is 378 g/mol. The minimum Gasteiger partial charge on any atom is -0.381 e. The van der Waals surface area contributed by atoms with Gasteiger partial charge in [0.2, 0.25) is 0 Å². The Hall–Kier alpha value is -2.68. The van der Waals surface area contributed by atoms with Crippen LogP contribution in [0.25, 0.3) is 11.0 Å². The lowest BCUT2D eigenvalue weighted by Gasteiger charge is -2.22. The van der Waals surface area contributed by atoms with Crippen LogP contribution in [-0.2, 0) is 17.3 Å². The van der Waals surface area contributed by atoms with Crippen LogP contribution in [0.2, 0.25) is 0 Å². The summed E-state index contributed by atoms with van der Waals surface area (Å²) >= 11 is 0. The van der Waals surface area contributed by atoms with E-state index in [0.717, 1.165) is 25.0 Å². The standard InChI is InChI=1S/C18H17F3N4O2/c19-18(20,21)12-3-1-2-11(8-12)9-15-23-16-14(17(26)24-15)10-22-25(16)13-4-6-27-7-5-13/h1-3,8,10,13H,4-7,9H2,(H,23,24,26).